The number of halogens is 1. The molecular weight excluding hydrogens is 390 g/mol. The molecule has 1 aromatic carbocycles. The number of ether oxygens (including phenoxy) is 1. The Labute approximate surface area is 162 Å². The lowest BCUT2D eigenvalue weighted by atomic mass is 9.93. The minimum absolute atomic E-state index is 0.0122. The molecular formula is C17H12ClN5O3S. The SMILES string of the molecule is COC(=O)C1=C(C(=O)c2ccc(Cl)cc2)[C@H](c2cccs2)n2nnnc2N1. The van der Waals surface area contributed by atoms with E-state index in [9.17, 15) is 9.59 Å². The van der Waals surface area contributed by atoms with Gasteiger partial charge in [0, 0.05) is 15.5 Å². The average molecular weight is 402 g/mol. The highest BCUT2D eigenvalue weighted by Crippen LogP contribution is 2.38. The van der Waals surface area contributed by atoms with E-state index in [0.29, 0.717) is 10.6 Å². The molecule has 27 heavy (non-hydrogen) atoms. The Morgan fingerprint density at radius 2 is 2.04 bits per heavy atom. The lowest BCUT2D eigenvalue weighted by Crippen LogP contribution is -2.32. The maximum Gasteiger partial charge on any atom is 0.355 e. The number of nitrogens with zero attached hydrogens (tertiary/aromatic N) is 4. The number of tetrazole rings is 1. The highest BCUT2D eigenvalue weighted by atomic mass is 35.5. The van der Waals surface area contributed by atoms with Crippen LogP contribution in [0.2, 0.25) is 5.02 Å². The van der Waals surface area contributed by atoms with Crippen molar-refractivity contribution >= 4 is 40.6 Å². The molecule has 0 saturated carbocycles. The maximum absolute atomic E-state index is 13.4. The van der Waals surface area contributed by atoms with Gasteiger partial charge in [0.05, 0.1) is 12.7 Å². The zero-order valence-electron chi connectivity index (χ0n) is 13.9. The zero-order valence-corrected chi connectivity index (χ0v) is 15.5. The lowest BCUT2D eigenvalue weighted by molar-refractivity contribution is -0.136. The number of hydrogen-bond acceptors (Lipinski definition) is 8. The Kier molecular flexibility index (Phi) is 4.46. The minimum Gasteiger partial charge on any atom is -0.464 e. The number of nitrogens with one attached hydrogen (secondary N) is 1. The minimum atomic E-state index is -0.678. The summed E-state index contributed by atoms with van der Waals surface area (Å²) in [5.41, 5.74) is 0.597. The Morgan fingerprint density at radius 3 is 2.70 bits per heavy atom. The van der Waals surface area contributed by atoms with Crippen molar-refractivity contribution in [2.45, 2.75) is 6.04 Å². The molecule has 0 aliphatic carbocycles. The molecule has 3 aromatic rings. The molecule has 1 aliphatic rings. The fourth-order valence-corrected chi connectivity index (χ4v) is 3.80. The molecule has 1 N–H and O–H groups in total. The third-order valence-electron chi connectivity index (χ3n) is 4.07. The van der Waals surface area contributed by atoms with Crippen molar-refractivity contribution in [1.29, 1.82) is 0 Å². The van der Waals surface area contributed by atoms with Crippen molar-refractivity contribution in [3.8, 4) is 0 Å². The number of esters is 1. The summed E-state index contributed by atoms with van der Waals surface area (Å²) < 4.78 is 6.35. The number of allylic oxidation sites excluding steroid dienone is 1. The molecule has 2 aromatic heterocycles. The van der Waals surface area contributed by atoms with E-state index in [1.165, 1.54) is 23.1 Å². The highest BCUT2D eigenvalue weighted by Gasteiger charge is 2.38. The van der Waals surface area contributed by atoms with Gasteiger partial charge in [-0.25, -0.2) is 4.79 Å². The number of ketones is 1. The molecule has 0 radical (unpaired) electrons. The van der Waals surface area contributed by atoms with Gasteiger partial charge in [-0.3, -0.25) is 4.79 Å². The van der Waals surface area contributed by atoms with Gasteiger partial charge in [0.1, 0.15) is 11.7 Å². The standard InChI is InChI=1S/C17H12ClN5O3S/c1-26-16(25)13-12(15(24)9-4-6-10(18)7-5-9)14(11-3-2-8-27-11)23-17(19-13)20-21-22-23/h2-8,14H,1H3,(H,19,20,22)/t14-/m0/s1. The van der Waals surface area contributed by atoms with Crippen LogP contribution in [0, 0.1) is 0 Å². The number of rotatable bonds is 4. The van der Waals surface area contributed by atoms with Crippen LogP contribution in [0.5, 0.6) is 0 Å². The van der Waals surface area contributed by atoms with Gasteiger partial charge < -0.3 is 10.1 Å². The van der Waals surface area contributed by atoms with E-state index in [0.717, 1.165) is 4.88 Å². The molecule has 1 atom stereocenters. The van der Waals surface area contributed by atoms with Crippen LogP contribution < -0.4 is 5.32 Å². The summed E-state index contributed by atoms with van der Waals surface area (Å²) in [6.07, 6.45) is 0. The molecule has 10 heteroatoms. The monoisotopic (exact) mass is 401 g/mol. The Hall–Kier alpha value is -3.04. The van der Waals surface area contributed by atoms with Crippen LogP contribution in [0.15, 0.2) is 53.0 Å². The number of anilines is 1. The van der Waals surface area contributed by atoms with Gasteiger partial charge in [0.15, 0.2) is 5.78 Å². The van der Waals surface area contributed by atoms with E-state index in [1.807, 2.05) is 17.5 Å². The van der Waals surface area contributed by atoms with Gasteiger partial charge in [-0.05, 0) is 46.1 Å². The van der Waals surface area contributed by atoms with Gasteiger partial charge in [0.2, 0.25) is 5.95 Å². The summed E-state index contributed by atoms with van der Waals surface area (Å²) in [5, 5.41) is 16.7. The van der Waals surface area contributed by atoms with E-state index in [1.54, 1.807) is 24.3 Å². The predicted molar refractivity (Wildman–Crippen MR) is 98.7 cm³/mol. The summed E-state index contributed by atoms with van der Waals surface area (Å²) in [6, 6.07) is 9.50. The van der Waals surface area contributed by atoms with Crippen LogP contribution in [-0.4, -0.2) is 39.1 Å². The quantitative estimate of drug-likeness (QED) is 0.530. The van der Waals surface area contributed by atoms with Crippen molar-refractivity contribution in [3.05, 3.63) is 68.5 Å². The fourth-order valence-electron chi connectivity index (χ4n) is 2.86. The number of carbonyl (C=O) groups excluding carboxylic acids is 2. The topological polar surface area (TPSA) is 99.0 Å². The Bertz CT molecular complexity index is 1040. The van der Waals surface area contributed by atoms with E-state index in [4.69, 9.17) is 16.3 Å². The lowest BCUT2D eigenvalue weighted by Gasteiger charge is -2.27. The van der Waals surface area contributed by atoms with E-state index in [-0.39, 0.29) is 23.0 Å². The van der Waals surface area contributed by atoms with Crippen molar-refractivity contribution in [2.75, 3.05) is 12.4 Å². The van der Waals surface area contributed by atoms with Crippen LogP contribution in [0.3, 0.4) is 0 Å². The third kappa shape index (κ3) is 3.00. The van der Waals surface area contributed by atoms with E-state index < -0.39 is 12.0 Å². The summed E-state index contributed by atoms with van der Waals surface area (Å²) in [6.45, 7) is 0. The van der Waals surface area contributed by atoms with E-state index >= 15 is 0 Å². The van der Waals surface area contributed by atoms with Gasteiger partial charge in [-0.2, -0.15) is 4.68 Å². The van der Waals surface area contributed by atoms with Gasteiger partial charge in [-0.1, -0.05) is 22.8 Å². The van der Waals surface area contributed by atoms with Crippen molar-refractivity contribution in [2.24, 2.45) is 0 Å². The van der Waals surface area contributed by atoms with Gasteiger partial charge >= 0.3 is 5.97 Å². The molecule has 0 amide bonds. The molecule has 0 saturated heterocycles. The number of thiophene rings is 1. The second kappa shape index (κ2) is 6.93. The molecule has 4 rings (SSSR count). The first-order valence-corrected chi connectivity index (χ1v) is 9.07. The molecule has 0 bridgehead atoms. The molecule has 0 spiro atoms. The molecule has 8 nitrogen and oxygen atoms in total. The first-order valence-electron chi connectivity index (χ1n) is 7.81. The predicted octanol–water partition coefficient (Wildman–Crippen LogP) is 2.71. The van der Waals surface area contributed by atoms with Crippen molar-refractivity contribution < 1.29 is 14.3 Å². The van der Waals surface area contributed by atoms with Crippen LogP contribution in [0.1, 0.15) is 21.3 Å². The van der Waals surface area contributed by atoms with E-state index in [2.05, 4.69) is 20.8 Å². The number of fused-ring (bicyclic) bond motifs is 1. The van der Waals surface area contributed by atoms with Crippen LogP contribution in [0.25, 0.3) is 0 Å². The molecule has 3 heterocycles. The number of methoxy groups -OCH3 is 1. The smallest absolute Gasteiger partial charge is 0.355 e. The molecule has 136 valence electrons. The number of aromatic nitrogens is 4. The van der Waals surface area contributed by atoms with Gasteiger partial charge in [0.25, 0.3) is 0 Å². The molecule has 1 aliphatic heterocycles. The largest absolute Gasteiger partial charge is 0.464 e. The van der Waals surface area contributed by atoms with Crippen molar-refractivity contribution in [3.63, 3.8) is 0 Å². The number of carbonyl (C=O) groups is 2. The number of benzene rings is 1. The fraction of sp³-hybridized carbons (Fsp3) is 0.118. The first kappa shape index (κ1) is 17.4. The first-order chi connectivity index (χ1) is 13.1. The van der Waals surface area contributed by atoms with Crippen LogP contribution in [-0.2, 0) is 9.53 Å². The zero-order chi connectivity index (χ0) is 19.0. The van der Waals surface area contributed by atoms with Crippen molar-refractivity contribution in [1.82, 2.24) is 20.2 Å². The number of Topliss-reactive ketones (excluding diaryl/α,β-unsaturated/α-hetero) is 1. The summed E-state index contributed by atoms with van der Waals surface area (Å²) in [7, 11) is 1.25. The van der Waals surface area contributed by atoms with Crippen LogP contribution in [0.4, 0.5) is 5.95 Å². The Morgan fingerprint density at radius 1 is 1.26 bits per heavy atom. The normalized spacial score (nSPS) is 15.9. The Balaban J connectivity index is 1.93. The second-order valence-electron chi connectivity index (χ2n) is 5.61. The number of hydrogen-bond donors (Lipinski definition) is 1. The second-order valence-corrected chi connectivity index (χ2v) is 7.02. The maximum atomic E-state index is 13.4. The average Bonchev–Trinajstić information content (AvgIpc) is 3.37. The summed E-state index contributed by atoms with van der Waals surface area (Å²) >= 11 is 7.36. The highest BCUT2D eigenvalue weighted by molar-refractivity contribution is 7.10. The molecule has 0 fully saturated rings. The summed E-state index contributed by atoms with van der Waals surface area (Å²) in [4.78, 5) is 26.6. The van der Waals surface area contributed by atoms with Crippen LogP contribution >= 0.6 is 22.9 Å². The molecule has 0 unspecified atom stereocenters. The third-order valence-corrected chi connectivity index (χ3v) is 5.25. The van der Waals surface area contributed by atoms with Gasteiger partial charge in [-0.15, -0.1) is 11.3 Å². The summed E-state index contributed by atoms with van der Waals surface area (Å²) in [5.74, 6) is -0.774.